The quantitative estimate of drug-likeness (QED) is 0.235. The highest BCUT2D eigenvalue weighted by molar-refractivity contribution is 7.74. The molecule has 0 N–H and O–H groups in total. The fourth-order valence-electron chi connectivity index (χ4n) is 6.10. The number of hydrogen-bond donors (Lipinski definition) is 0. The molecule has 0 radical (unpaired) electrons. The van der Waals surface area contributed by atoms with Crippen LogP contribution < -0.4 is 15.1 Å². The van der Waals surface area contributed by atoms with Gasteiger partial charge >= 0.3 is 0 Å². The summed E-state index contributed by atoms with van der Waals surface area (Å²) >= 11 is 0. The Labute approximate surface area is 237 Å². The number of benzene rings is 4. The Bertz CT molecular complexity index is 1560. The van der Waals surface area contributed by atoms with Crippen molar-refractivity contribution in [2.45, 2.75) is 19.3 Å². The normalized spacial score (nSPS) is 19.4. The third-order valence-corrected chi connectivity index (χ3v) is 11.7. The molecular weight excluding hydrogens is 514 g/mol. The highest BCUT2D eigenvalue weighted by atomic mass is 31.2. The van der Waals surface area contributed by atoms with Crippen LogP contribution in [0.25, 0.3) is 0 Å². The fraction of sp³-hybridized carbons (Fsp3) is 0.235. The number of likely N-dealkylation sites (N-methyl/N-ethyl adjacent to an activating group) is 1. The van der Waals surface area contributed by atoms with Gasteiger partial charge in [-0.2, -0.15) is 0 Å². The molecule has 0 bridgehead atoms. The summed E-state index contributed by atoms with van der Waals surface area (Å²) in [5.74, 6) is 2.23. The molecule has 1 unspecified atom stereocenters. The predicted molar refractivity (Wildman–Crippen MR) is 168 cm³/mol. The summed E-state index contributed by atoms with van der Waals surface area (Å²) in [6, 6.07) is 36.7. The Morgan fingerprint density at radius 3 is 2.00 bits per heavy atom. The SMILES string of the molecule is CN1/C(=C/P(=Nc2ccc(F)cc2)(c2ccccc2)N2CCN(c3ccccc3)CC2)C(C)(C)c2ccccc21. The molecule has 40 heavy (non-hydrogen) atoms. The van der Waals surface area contributed by atoms with Gasteiger partial charge in [-0.25, -0.2) is 9.14 Å². The molecule has 2 aliphatic heterocycles. The maximum atomic E-state index is 14.0. The number of hydrogen-bond acceptors (Lipinski definition) is 3. The van der Waals surface area contributed by atoms with E-state index in [-0.39, 0.29) is 11.2 Å². The highest BCUT2D eigenvalue weighted by Crippen LogP contribution is 2.60. The summed E-state index contributed by atoms with van der Waals surface area (Å²) in [5.41, 5.74) is 5.69. The average Bonchev–Trinajstić information content (AvgIpc) is 3.19. The first kappa shape index (κ1) is 26.6. The molecular formula is C34H36FN4P. The first-order valence-corrected chi connectivity index (χ1v) is 15.7. The summed E-state index contributed by atoms with van der Waals surface area (Å²) < 4.78 is 22.2. The van der Waals surface area contributed by atoms with Gasteiger partial charge in [0.25, 0.3) is 0 Å². The van der Waals surface area contributed by atoms with Gasteiger partial charge in [-0.3, -0.25) is 4.67 Å². The monoisotopic (exact) mass is 550 g/mol. The van der Waals surface area contributed by atoms with Crippen LogP contribution in [-0.2, 0) is 5.41 Å². The van der Waals surface area contributed by atoms with Crippen molar-refractivity contribution in [1.82, 2.24) is 4.67 Å². The Balaban J connectivity index is 1.53. The number of rotatable bonds is 5. The summed E-state index contributed by atoms with van der Waals surface area (Å²) in [4.78, 5) is 4.80. The molecule has 4 nitrogen and oxygen atoms in total. The van der Waals surface area contributed by atoms with E-state index >= 15 is 0 Å². The van der Waals surface area contributed by atoms with Gasteiger partial charge in [-0.15, -0.1) is 0 Å². The minimum Gasteiger partial charge on any atom is -0.369 e. The summed E-state index contributed by atoms with van der Waals surface area (Å²) in [6.07, 6.45) is 0. The number of anilines is 2. The highest BCUT2D eigenvalue weighted by Gasteiger charge is 2.41. The van der Waals surface area contributed by atoms with E-state index in [4.69, 9.17) is 4.74 Å². The maximum Gasteiger partial charge on any atom is 0.123 e. The third kappa shape index (κ3) is 4.78. The van der Waals surface area contributed by atoms with Crippen LogP contribution in [-0.4, -0.2) is 37.9 Å². The molecule has 0 aromatic heterocycles. The van der Waals surface area contributed by atoms with Gasteiger partial charge in [0, 0.05) is 61.0 Å². The van der Waals surface area contributed by atoms with Crippen molar-refractivity contribution in [2.75, 3.05) is 43.0 Å². The van der Waals surface area contributed by atoms with Crippen molar-refractivity contribution in [1.29, 1.82) is 0 Å². The van der Waals surface area contributed by atoms with Gasteiger partial charge < -0.3 is 9.80 Å². The standard InChI is InChI=1S/C34H36FN4P/c1-34(2)31-16-10-11-17-32(31)37(3)33(34)26-40(30-14-8-5-9-15-30,36-28-20-18-27(35)19-21-28)39-24-22-38(23-25-39)29-12-6-4-7-13-29/h4-21,26H,22-25H2,1-3H3/b33-26+. The number of allylic oxidation sites excluding steroid dienone is 1. The number of fused-ring (bicyclic) bond motifs is 1. The Morgan fingerprint density at radius 2 is 1.35 bits per heavy atom. The number of para-hydroxylation sites is 2. The Kier molecular flexibility index (Phi) is 7.12. The molecule has 6 rings (SSSR count). The second kappa shape index (κ2) is 10.7. The lowest BCUT2D eigenvalue weighted by atomic mass is 9.84. The van der Waals surface area contributed by atoms with Gasteiger partial charge in [0.2, 0.25) is 0 Å². The zero-order valence-corrected chi connectivity index (χ0v) is 24.3. The minimum absolute atomic E-state index is 0.185. The fourth-order valence-corrected chi connectivity index (χ4v) is 9.76. The molecule has 1 saturated heterocycles. The van der Waals surface area contributed by atoms with E-state index in [0.717, 1.165) is 31.9 Å². The number of nitrogens with zero attached hydrogens (tertiary/aromatic N) is 4. The van der Waals surface area contributed by atoms with Crippen molar-refractivity contribution in [2.24, 2.45) is 4.74 Å². The Hall–Kier alpha value is -3.66. The topological polar surface area (TPSA) is 22.1 Å². The second-order valence-electron chi connectivity index (χ2n) is 11.1. The largest absolute Gasteiger partial charge is 0.369 e. The smallest absolute Gasteiger partial charge is 0.123 e. The molecule has 2 aliphatic rings. The van der Waals surface area contributed by atoms with Gasteiger partial charge in [0.1, 0.15) is 5.82 Å². The minimum atomic E-state index is -2.47. The van der Waals surface area contributed by atoms with Crippen LogP contribution in [0.15, 0.2) is 125 Å². The van der Waals surface area contributed by atoms with Crippen LogP contribution in [0.5, 0.6) is 0 Å². The molecule has 0 spiro atoms. The lowest BCUT2D eigenvalue weighted by Gasteiger charge is -2.43. The molecule has 0 saturated carbocycles. The van der Waals surface area contributed by atoms with E-state index < -0.39 is 7.21 Å². The lowest BCUT2D eigenvalue weighted by Crippen LogP contribution is -2.46. The summed E-state index contributed by atoms with van der Waals surface area (Å²) in [6.45, 7) is 8.21. The molecule has 1 fully saturated rings. The number of halogens is 1. The molecule has 6 heteroatoms. The molecule has 4 aromatic rings. The van der Waals surface area contributed by atoms with Crippen molar-refractivity contribution >= 4 is 29.6 Å². The van der Waals surface area contributed by atoms with E-state index in [2.05, 4.69) is 126 Å². The first-order valence-electron chi connectivity index (χ1n) is 13.9. The van der Waals surface area contributed by atoms with Crippen molar-refractivity contribution in [3.63, 3.8) is 0 Å². The average molecular weight is 551 g/mol. The van der Waals surface area contributed by atoms with E-state index in [1.807, 2.05) is 12.1 Å². The summed E-state index contributed by atoms with van der Waals surface area (Å²) in [5, 5.41) is 1.21. The maximum absolute atomic E-state index is 14.0. The molecule has 4 aromatic carbocycles. The molecule has 1 atom stereocenters. The Morgan fingerprint density at radius 1 is 0.750 bits per heavy atom. The van der Waals surface area contributed by atoms with Crippen LogP contribution >= 0.6 is 7.21 Å². The zero-order valence-electron chi connectivity index (χ0n) is 23.4. The van der Waals surface area contributed by atoms with Gasteiger partial charge in [0.05, 0.1) is 12.9 Å². The van der Waals surface area contributed by atoms with Crippen LogP contribution in [0.3, 0.4) is 0 Å². The molecule has 0 amide bonds. The van der Waals surface area contributed by atoms with Crippen molar-refractivity contribution in [3.8, 4) is 0 Å². The van der Waals surface area contributed by atoms with Gasteiger partial charge in [0.15, 0.2) is 0 Å². The van der Waals surface area contributed by atoms with Crippen LogP contribution in [0.2, 0.25) is 0 Å². The number of piperazine rings is 1. The molecule has 2 heterocycles. The first-order chi connectivity index (χ1) is 19.4. The van der Waals surface area contributed by atoms with E-state index in [9.17, 15) is 4.39 Å². The predicted octanol–water partition coefficient (Wildman–Crippen LogP) is 7.99. The van der Waals surface area contributed by atoms with E-state index in [1.165, 1.54) is 40.1 Å². The van der Waals surface area contributed by atoms with E-state index in [1.54, 1.807) is 0 Å². The van der Waals surface area contributed by atoms with Crippen molar-refractivity contribution < 1.29 is 4.39 Å². The van der Waals surface area contributed by atoms with Crippen LogP contribution in [0.4, 0.5) is 21.5 Å². The third-order valence-electron chi connectivity index (χ3n) is 8.28. The van der Waals surface area contributed by atoms with Crippen LogP contribution in [0.1, 0.15) is 19.4 Å². The van der Waals surface area contributed by atoms with Crippen LogP contribution in [0, 0.1) is 5.82 Å². The van der Waals surface area contributed by atoms with Crippen molar-refractivity contribution in [3.05, 3.63) is 132 Å². The van der Waals surface area contributed by atoms with Gasteiger partial charge in [-0.1, -0.05) is 80.6 Å². The molecule has 204 valence electrons. The zero-order chi connectivity index (χ0) is 27.7. The molecule has 0 aliphatic carbocycles. The summed E-state index contributed by atoms with van der Waals surface area (Å²) in [7, 11) is -0.297. The lowest BCUT2D eigenvalue weighted by molar-refractivity contribution is 0.417. The van der Waals surface area contributed by atoms with E-state index in [0.29, 0.717) is 0 Å². The van der Waals surface area contributed by atoms with Gasteiger partial charge in [-0.05, 0) is 53.8 Å². The second-order valence-corrected chi connectivity index (χ2v) is 13.9.